The normalized spacial score (nSPS) is 17.7. The van der Waals surface area contributed by atoms with Crippen LogP contribution in [-0.2, 0) is 16.2 Å². The van der Waals surface area contributed by atoms with Crippen LogP contribution in [0.25, 0.3) is 5.76 Å². The van der Waals surface area contributed by atoms with Crippen LogP contribution in [0.4, 0.5) is 0 Å². The van der Waals surface area contributed by atoms with E-state index in [0.29, 0.717) is 31.0 Å². The number of hydrogen-bond acceptors (Lipinski definition) is 6. The van der Waals surface area contributed by atoms with E-state index in [-0.39, 0.29) is 11.3 Å². The van der Waals surface area contributed by atoms with Gasteiger partial charge in [0.2, 0.25) is 0 Å². The summed E-state index contributed by atoms with van der Waals surface area (Å²) in [5, 5.41) is 13.0. The molecule has 1 aliphatic rings. The van der Waals surface area contributed by atoms with Gasteiger partial charge in [0.05, 0.1) is 11.6 Å². The third-order valence-corrected chi connectivity index (χ3v) is 6.44. The predicted octanol–water partition coefficient (Wildman–Crippen LogP) is 4.31. The van der Waals surface area contributed by atoms with E-state index in [0.717, 1.165) is 10.4 Å². The first-order valence-corrected chi connectivity index (χ1v) is 11.6. The number of nitrogens with zero attached hydrogens (tertiary/aromatic N) is 2. The fourth-order valence-electron chi connectivity index (χ4n) is 3.77. The average Bonchev–Trinajstić information content (AvgIpc) is 3.44. The minimum atomic E-state index is -0.658. The molecule has 1 aromatic heterocycles. The molecule has 4 rings (SSSR count). The second kappa shape index (κ2) is 10.0. The van der Waals surface area contributed by atoms with Crippen LogP contribution < -0.4 is 4.74 Å². The van der Waals surface area contributed by atoms with Crippen molar-refractivity contribution >= 4 is 28.8 Å². The molecule has 1 N–H and O–H groups in total. The van der Waals surface area contributed by atoms with Gasteiger partial charge in [0.15, 0.2) is 0 Å². The van der Waals surface area contributed by atoms with E-state index in [1.54, 1.807) is 29.2 Å². The van der Waals surface area contributed by atoms with Crippen molar-refractivity contribution in [2.75, 3.05) is 27.2 Å². The summed E-state index contributed by atoms with van der Waals surface area (Å²) in [6, 6.07) is 19.9. The highest BCUT2D eigenvalue weighted by Gasteiger charge is 2.46. The van der Waals surface area contributed by atoms with Gasteiger partial charge in [-0.15, -0.1) is 11.3 Å². The maximum absolute atomic E-state index is 13.0. The van der Waals surface area contributed by atoms with Crippen molar-refractivity contribution in [3.63, 3.8) is 0 Å². The third-order valence-electron chi connectivity index (χ3n) is 5.52. The molecule has 2 aromatic carbocycles. The number of likely N-dealkylation sites (N-methyl/N-ethyl adjacent to an activating group) is 1. The Bertz CT molecular complexity index is 1140. The summed E-state index contributed by atoms with van der Waals surface area (Å²) in [7, 11) is 3.83. The van der Waals surface area contributed by atoms with Crippen LogP contribution in [0.2, 0.25) is 0 Å². The summed E-state index contributed by atoms with van der Waals surface area (Å²) in [6.45, 7) is 1.44. The van der Waals surface area contributed by atoms with Crippen molar-refractivity contribution in [1.29, 1.82) is 0 Å². The lowest BCUT2D eigenvalue weighted by Gasteiger charge is -2.25. The summed E-state index contributed by atoms with van der Waals surface area (Å²) in [6.07, 6.45) is 0. The third kappa shape index (κ3) is 4.99. The van der Waals surface area contributed by atoms with Crippen LogP contribution in [0.1, 0.15) is 22.0 Å². The second-order valence-electron chi connectivity index (χ2n) is 8.11. The van der Waals surface area contributed by atoms with Gasteiger partial charge in [0, 0.05) is 23.5 Å². The number of ether oxygens (including phenoxy) is 1. The Morgan fingerprint density at radius 1 is 1.03 bits per heavy atom. The van der Waals surface area contributed by atoms with Crippen molar-refractivity contribution in [1.82, 2.24) is 9.80 Å². The zero-order valence-electron chi connectivity index (χ0n) is 18.6. The maximum Gasteiger partial charge on any atom is 0.295 e. The molecule has 0 unspecified atom stereocenters. The van der Waals surface area contributed by atoms with Gasteiger partial charge >= 0.3 is 0 Å². The number of aliphatic hydroxyl groups is 1. The van der Waals surface area contributed by atoms with Crippen LogP contribution in [0.5, 0.6) is 5.75 Å². The highest BCUT2D eigenvalue weighted by Crippen LogP contribution is 2.41. The van der Waals surface area contributed by atoms with Crippen LogP contribution in [0.3, 0.4) is 0 Å². The largest absolute Gasteiger partial charge is 0.507 e. The molecular weight excluding hydrogens is 436 g/mol. The first kappa shape index (κ1) is 22.8. The number of Topliss-reactive ketones (excluding diaryl/α,β-unsaturated/α-hetero) is 1. The highest BCUT2D eigenvalue weighted by atomic mass is 32.1. The van der Waals surface area contributed by atoms with Gasteiger partial charge in [-0.3, -0.25) is 9.59 Å². The van der Waals surface area contributed by atoms with Crippen LogP contribution in [0, 0.1) is 0 Å². The SMILES string of the molecule is CN(C)CCN1C(=O)C(=O)/C(=C(/O)c2ccc(OCc3ccccc3)cc2)[C@H]1c1cccs1. The van der Waals surface area contributed by atoms with Crippen molar-refractivity contribution in [2.24, 2.45) is 0 Å². The standard InChI is InChI=1S/C26H26N2O4S/c1-27(2)14-15-28-23(21-9-6-16-33-21)22(25(30)26(28)31)24(29)19-10-12-20(13-11-19)32-17-18-7-4-3-5-8-18/h3-13,16,23,29H,14-15,17H2,1-2H3/b24-22+/t23-/m1/s1. The van der Waals surface area contributed by atoms with Crippen molar-refractivity contribution in [3.05, 3.63) is 93.7 Å². The van der Waals surface area contributed by atoms with Gasteiger partial charge in [-0.2, -0.15) is 0 Å². The molecule has 1 amide bonds. The highest BCUT2D eigenvalue weighted by molar-refractivity contribution is 7.10. The quantitative estimate of drug-likeness (QED) is 0.307. The first-order chi connectivity index (χ1) is 16.0. The number of benzene rings is 2. The molecule has 33 heavy (non-hydrogen) atoms. The minimum Gasteiger partial charge on any atom is -0.507 e. The molecule has 1 saturated heterocycles. The van der Waals surface area contributed by atoms with Crippen molar-refractivity contribution < 1.29 is 19.4 Å². The van der Waals surface area contributed by atoms with Crippen LogP contribution in [0.15, 0.2) is 77.7 Å². The van der Waals surface area contributed by atoms with Gasteiger partial charge in [0.25, 0.3) is 11.7 Å². The summed E-state index contributed by atoms with van der Waals surface area (Å²) < 4.78 is 5.81. The van der Waals surface area contributed by atoms with Gasteiger partial charge in [-0.05, 0) is 55.4 Å². The number of carbonyl (C=O) groups is 2. The topological polar surface area (TPSA) is 70.1 Å². The molecule has 1 aliphatic heterocycles. The summed E-state index contributed by atoms with van der Waals surface area (Å²) in [5.41, 5.74) is 1.64. The predicted molar refractivity (Wildman–Crippen MR) is 129 cm³/mol. The van der Waals surface area contributed by atoms with E-state index in [4.69, 9.17) is 4.74 Å². The van der Waals surface area contributed by atoms with E-state index in [9.17, 15) is 14.7 Å². The number of likely N-dealkylation sites (tertiary alicyclic amines) is 1. The molecule has 7 heteroatoms. The summed E-state index contributed by atoms with van der Waals surface area (Å²) in [4.78, 5) is 30.2. The number of hydrogen-bond donors (Lipinski definition) is 1. The first-order valence-electron chi connectivity index (χ1n) is 10.7. The number of ketones is 1. The van der Waals surface area contributed by atoms with Gasteiger partial charge < -0.3 is 19.6 Å². The van der Waals surface area contributed by atoms with Crippen LogP contribution >= 0.6 is 11.3 Å². The Labute approximate surface area is 197 Å². The molecule has 0 radical (unpaired) electrons. The zero-order chi connectivity index (χ0) is 23.4. The average molecular weight is 463 g/mol. The number of rotatable bonds is 8. The van der Waals surface area contributed by atoms with Gasteiger partial charge in [-0.1, -0.05) is 36.4 Å². The Morgan fingerprint density at radius 2 is 1.76 bits per heavy atom. The van der Waals surface area contributed by atoms with Crippen molar-refractivity contribution in [3.8, 4) is 5.75 Å². The fourth-order valence-corrected chi connectivity index (χ4v) is 4.61. The fraction of sp³-hybridized carbons (Fsp3) is 0.231. The van der Waals surface area contributed by atoms with E-state index < -0.39 is 17.7 Å². The number of thiophene rings is 1. The Kier molecular flexibility index (Phi) is 6.91. The molecular formula is C26H26N2O4S. The van der Waals surface area contributed by atoms with E-state index in [1.807, 2.05) is 66.8 Å². The van der Waals surface area contributed by atoms with E-state index in [2.05, 4.69) is 0 Å². The molecule has 3 aromatic rings. The molecule has 0 aliphatic carbocycles. The monoisotopic (exact) mass is 462 g/mol. The Hall–Kier alpha value is -3.42. The zero-order valence-corrected chi connectivity index (χ0v) is 19.4. The van der Waals surface area contributed by atoms with Gasteiger partial charge in [0.1, 0.15) is 18.1 Å². The summed E-state index contributed by atoms with van der Waals surface area (Å²) in [5.74, 6) is -0.765. The number of carbonyl (C=O) groups excluding carboxylic acids is 2. The van der Waals surface area contributed by atoms with Crippen molar-refractivity contribution in [2.45, 2.75) is 12.6 Å². The molecule has 0 bridgehead atoms. The molecule has 2 heterocycles. The smallest absolute Gasteiger partial charge is 0.295 e. The lowest BCUT2D eigenvalue weighted by molar-refractivity contribution is -0.140. The van der Waals surface area contributed by atoms with Gasteiger partial charge in [-0.25, -0.2) is 0 Å². The lowest BCUT2D eigenvalue weighted by atomic mass is 10.00. The second-order valence-corrected chi connectivity index (χ2v) is 9.09. The Morgan fingerprint density at radius 3 is 2.39 bits per heavy atom. The Balaban J connectivity index is 1.61. The van der Waals surface area contributed by atoms with E-state index >= 15 is 0 Å². The molecule has 1 fully saturated rings. The lowest BCUT2D eigenvalue weighted by Crippen LogP contribution is -2.35. The molecule has 1 atom stereocenters. The molecule has 0 saturated carbocycles. The van der Waals surface area contributed by atoms with E-state index in [1.165, 1.54) is 11.3 Å². The molecule has 0 spiro atoms. The number of amides is 1. The summed E-state index contributed by atoms with van der Waals surface area (Å²) >= 11 is 1.46. The van der Waals surface area contributed by atoms with Crippen LogP contribution in [-0.4, -0.2) is 53.8 Å². The minimum absolute atomic E-state index is 0.124. The number of aliphatic hydroxyl groups excluding tert-OH is 1. The molecule has 6 nitrogen and oxygen atoms in total. The maximum atomic E-state index is 13.0. The molecule has 170 valence electrons.